The van der Waals surface area contributed by atoms with Crippen LogP contribution in [-0.2, 0) is 16.4 Å². The molecule has 3 N–H and O–H groups in total. The van der Waals surface area contributed by atoms with Gasteiger partial charge in [-0.25, -0.2) is 13.6 Å². The van der Waals surface area contributed by atoms with E-state index in [2.05, 4.69) is 9.88 Å². The molecule has 0 aliphatic rings. The molecule has 0 bridgehead atoms. The van der Waals surface area contributed by atoms with Gasteiger partial charge in [0.25, 0.3) is 0 Å². The molecule has 2 rings (SSSR count). The summed E-state index contributed by atoms with van der Waals surface area (Å²) < 4.78 is 22.7. The van der Waals surface area contributed by atoms with E-state index < -0.39 is 10.0 Å². The second kappa shape index (κ2) is 4.72. The van der Waals surface area contributed by atoms with Crippen molar-refractivity contribution in [2.75, 3.05) is 20.6 Å². The van der Waals surface area contributed by atoms with Crippen LogP contribution in [0.15, 0.2) is 29.3 Å². The minimum absolute atomic E-state index is 0.153. The van der Waals surface area contributed by atoms with E-state index >= 15 is 0 Å². The van der Waals surface area contributed by atoms with Crippen LogP contribution in [0.4, 0.5) is 0 Å². The molecular weight excluding hydrogens is 250 g/mol. The Morgan fingerprint density at radius 3 is 2.67 bits per heavy atom. The zero-order valence-electron chi connectivity index (χ0n) is 10.5. The molecule has 0 atom stereocenters. The first kappa shape index (κ1) is 13.1. The molecule has 0 saturated carbocycles. The topological polar surface area (TPSA) is 79.2 Å². The number of likely N-dealkylation sites (N-methyl/N-ethyl adjacent to an activating group) is 1. The lowest BCUT2D eigenvalue weighted by Crippen LogP contribution is -2.15. The molecule has 98 valence electrons. The van der Waals surface area contributed by atoms with Gasteiger partial charge in [0, 0.05) is 23.6 Å². The van der Waals surface area contributed by atoms with Crippen LogP contribution in [0.25, 0.3) is 10.9 Å². The van der Waals surface area contributed by atoms with Crippen LogP contribution in [0, 0.1) is 0 Å². The van der Waals surface area contributed by atoms with E-state index in [1.165, 1.54) is 6.07 Å². The molecule has 1 aromatic heterocycles. The molecule has 0 spiro atoms. The molecule has 0 aliphatic heterocycles. The average molecular weight is 267 g/mol. The fourth-order valence-electron chi connectivity index (χ4n) is 1.89. The quantitative estimate of drug-likeness (QED) is 0.864. The van der Waals surface area contributed by atoms with Gasteiger partial charge < -0.3 is 9.88 Å². The predicted octanol–water partition coefficient (Wildman–Crippen LogP) is 0.919. The Morgan fingerprint density at radius 2 is 2.06 bits per heavy atom. The molecule has 18 heavy (non-hydrogen) atoms. The van der Waals surface area contributed by atoms with E-state index in [-0.39, 0.29) is 4.90 Å². The molecule has 0 unspecified atom stereocenters. The second-order valence-electron chi connectivity index (χ2n) is 4.62. The van der Waals surface area contributed by atoms with Crippen LogP contribution in [0.2, 0.25) is 0 Å². The number of aromatic amines is 1. The van der Waals surface area contributed by atoms with Gasteiger partial charge in [-0.2, -0.15) is 0 Å². The Morgan fingerprint density at radius 1 is 1.33 bits per heavy atom. The lowest BCUT2D eigenvalue weighted by atomic mass is 10.1. The largest absolute Gasteiger partial charge is 0.361 e. The summed E-state index contributed by atoms with van der Waals surface area (Å²) >= 11 is 0. The summed E-state index contributed by atoms with van der Waals surface area (Å²) in [5, 5.41) is 6.06. The maximum Gasteiger partial charge on any atom is 0.238 e. The first-order chi connectivity index (χ1) is 8.38. The fourth-order valence-corrected chi connectivity index (χ4v) is 2.43. The Balaban J connectivity index is 2.44. The number of aromatic nitrogens is 1. The predicted molar refractivity (Wildman–Crippen MR) is 71.9 cm³/mol. The third-order valence-corrected chi connectivity index (χ3v) is 3.81. The van der Waals surface area contributed by atoms with Gasteiger partial charge in [0.2, 0.25) is 10.0 Å². The highest BCUT2D eigenvalue weighted by Gasteiger charge is 2.11. The van der Waals surface area contributed by atoms with Gasteiger partial charge in [0.15, 0.2) is 0 Å². The molecule has 0 aliphatic carbocycles. The summed E-state index contributed by atoms with van der Waals surface area (Å²) in [4.78, 5) is 5.38. The zero-order chi connectivity index (χ0) is 13.3. The summed E-state index contributed by atoms with van der Waals surface area (Å²) in [6.07, 6.45) is 2.78. The number of nitrogens with two attached hydrogens (primary N) is 1. The van der Waals surface area contributed by atoms with Crippen molar-refractivity contribution >= 4 is 20.9 Å². The number of hydrogen-bond acceptors (Lipinski definition) is 3. The molecular formula is C12H17N3O2S. The van der Waals surface area contributed by atoms with Gasteiger partial charge in [-0.15, -0.1) is 0 Å². The zero-order valence-corrected chi connectivity index (χ0v) is 11.3. The minimum atomic E-state index is -3.64. The minimum Gasteiger partial charge on any atom is -0.361 e. The van der Waals surface area contributed by atoms with Crippen molar-refractivity contribution in [1.82, 2.24) is 9.88 Å². The summed E-state index contributed by atoms with van der Waals surface area (Å²) in [7, 11) is 0.365. The van der Waals surface area contributed by atoms with E-state index in [0.717, 1.165) is 29.4 Å². The Bertz CT molecular complexity index is 659. The van der Waals surface area contributed by atoms with Gasteiger partial charge in [-0.05, 0) is 44.3 Å². The van der Waals surface area contributed by atoms with Crippen LogP contribution in [-0.4, -0.2) is 38.9 Å². The molecule has 6 heteroatoms. The van der Waals surface area contributed by atoms with Crippen LogP contribution in [0.3, 0.4) is 0 Å². The van der Waals surface area contributed by atoms with E-state index in [9.17, 15) is 8.42 Å². The van der Waals surface area contributed by atoms with Gasteiger partial charge in [0.1, 0.15) is 0 Å². The highest BCUT2D eigenvalue weighted by molar-refractivity contribution is 7.89. The van der Waals surface area contributed by atoms with Gasteiger partial charge in [-0.3, -0.25) is 0 Å². The third-order valence-electron chi connectivity index (χ3n) is 2.90. The van der Waals surface area contributed by atoms with Crippen molar-refractivity contribution in [1.29, 1.82) is 0 Å². The number of primary sulfonamides is 1. The molecule has 1 aromatic carbocycles. The number of hydrogen-bond donors (Lipinski definition) is 2. The van der Waals surface area contributed by atoms with E-state index in [4.69, 9.17) is 5.14 Å². The molecule has 1 heterocycles. The van der Waals surface area contributed by atoms with Crippen molar-refractivity contribution in [3.63, 3.8) is 0 Å². The number of nitrogens with one attached hydrogen (secondary N) is 1. The third kappa shape index (κ3) is 2.72. The first-order valence-corrected chi connectivity index (χ1v) is 7.20. The number of sulfonamides is 1. The van der Waals surface area contributed by atoms with Crippen LogP contribution in [0.5, 0.6) is 0 Å². The molecule has 0 radical (unpaired) electrons. The van der Waals surface area contributed by atoms with E-state index in [1.807, 2.05) is 20.3 Å². The Hall–Kier alpha value is -1.37. The Labute approximate surface area is 107 Å². The maximum absolute atomic E-state index is 11.3. The molecule has 0 fully saturated rings. The Kier molecular flexibility index (Phi) is 3.43. The van der Waals surface area contributed by atoms with Crippen molar-refractivity contribution in [2.45, 2.75) is 11.3 Å². The number of fused-ring (bicyclic) bond motifs is 1. The normalized spacial score (nSPS) is 12.4. The smallest absolute Gasteiger partial charge is 0.238 e. The lowest BCUT2D eigenvalue weighted by molar-refractivity contribution is 0.414. The van der Waals surface area contributed by atoms with Crippen molar-refractivity contribution in [2.24, 2.45) is 5.14 Å². The molecule has 0 saturated heterocycles. The number of H-pyrrole nitrogens is 1. The first-order valence-electron chi connectivity index (χ1n) is 5.65. The maximum atomic E-state index is 11.3. The summed E-state index contributed by atoms with van der Waals surface area (Å²) in [5.41, 5.74) is 2.03. The molecule has 0 amide bonds. The number of nitrogens with zero attached hydrogens (tertiary/aromatic N) is 1. The lowest BCUT2D eigenvalue weighted by Gasteiger charge is -2.08. The molecule has 5 nitrogen and oxygen atoms in total. The molecule has 2 aromatic rings. The summed E-state index contributed by atoms with van der Waals surface area (Å²) in [5.74, 6) is 0. The highest BCUT2D eigenvalue weighted by Crippen LogP contribution is 2.22. The van der Waals surface area contributed by atoms with Gasteiger partial charge in [-0.1, -0.05) is 0 Å². The van der Waals surface area contributed by atoms with Crippen LogP contribution >= 0.6 is 0 Å². The average Bonchev–Trinajstić information content (AvgIpc) is 2.67. The summed E-state index contributed by atoms with van der Waals surface area (Å²) in [6, 6.07) is 4.89. The fraction of sp³-hybridized carbons (Fsp3) is 0.333. The van der Waals surface area contributed by atoms with E-state index in [0.29, 0.717) is 0 Å². The number of benzene rings is 1. The highest BCUT2D eigenvalue weighted by atomic mass is 32.2. The van der Waals surface area contributed by atoms with Crippen LogP contribution in [0.1, 0.15) is 5.56 Å². The summed E-state index contributed by atoms with van der Waals surface area (Å²) in [6.45, 7) is 0.909. The van der Waals surface area contributed by atoms with Gasteiger partial charge >= 0.3 is 0 Å². The second-order valence-corrected chi connectivity index (χ2v) is 6.18. The van der Waals surface area contributed by atoms with Crippen LogP contribution < -0.4 is 5.14 Å². The monoisotopic (exact) mass is 267 g/mol. The standard InChI is InChI=1S/C12H17N3O2S/c1-15(2)6-5-9-8-14-12-4-3-10(7-11(9)12)18(13,16)17/h3-4,7-8,14H,5-6H2,1-2H3,(H2,13,16,17). The van der Waals surface area contributed by atoms with Gasteiger partial charge in [0.05, 0.1) is 4.90 Å². The number of rotatable bonds is 4. The van der Waals surface area contributed by atoms with Crippen molar-refractivity contribution < 1.29 is 8.42 Å². The SMILES string of the molecule is CN(C)CCc1c[nH]c2ccc(S(N)(=O)=O)cc12. The van der Waals surface area contributed by atoms with Crippen molar-refractivity contribution in [3.8, 4) is 0 Å². The van der Waals surface area contributed by atoms with E-state index in [1.54, 1.807) is 12.1 Å². The van der Waals surface area contributed by atoms with Crippen molar-refractivity contribution in [3.05, 3.63) is 30.0 Å².